The Balaban J connectivity index is 1.82. The van der Waals surface area contributed by atoms with Crippen LogP contribution in [0.25, 0.3) is 10.9 Å². The van der Waals surface area contributed by atoms with Crippen LogP contribution in [0, 0.1) is 5.41 Å². The molecule has 1 N–H and O–H groups in total. The van der Waals surface area contributed by atoms with Gasteiger partial charge in [-0.25, -0.2) is 0 Å². The fourth-order valence-electron chi connectivity index (χ4n) is 4.14. The number of aldehydes is 1. The van der Waals surface area contributed by atoms with Crippen molar-refractivity contribution in [1.82, 2.24) is 4.98 Å². The highest BCUT2D eigenvalue weighted by Gasteiger charge is 2.37. The number of halogens is 1. The van der Waals surface area contributed by atoms with E-state index in [1.807, 2.05) is 38.2 Å². The van der Waals surface area contributed by atoms with Crippen molar-refractivity contribution < 1.29 is 9.22 Å². The Bertz CT molecular complexity index is 1270. The molecule has 0 aliphatic rings. The van der Waals surface area contributed by atoms with Gasteiger partial charge in [0.2, 0.25) is 0 Å². The second-order valence-corrected chi connectivity index (χ2v) is 13.4. The average Bonchev–Trinajstić information content (AvgIpc) is 3.22. The summed E-state index contributed by atoms with van der Waals surface area (Å²) in [5.74, 6) is 0. The Morgan fingerprint density at radius 1 is 0.912 bits per heavy atom. The molecule has 3 aromatic carbocycles. The third-order valence-corrected chi connectivity index (χ3v) is 8.90. The molecule has 0 bridgehead atoms. The van der Waals surface area contributed by atoms with E-state index < -0.39 is 20.6 Å². The first-order chi connectivity index (χ1) is 16.1. The fourth-order valence-corrected chi connectivity index (χ4v) is 6.74. The Morgan fingerprint density at radius 3 is 2.18 bits per heavy atom. The molecule has 0 aliphatic heterocycles. The van der Waals surface area contributed by atoms with Crippen molar-refractivity contribution >= 4 is 52.5 Å². The number of fused-ring (bicyclic) bond motifs is 1. The summed E-state index contributed by atoms with van der Waals surface area (Å²) in [7, 11) is -1.64. The molecule has 0 saturated carbocycles. The quantitative estimate of drug-likeness (QED) is 0.223. The zero-order valence-electron chi connectivity index (χ0n) is 20.4. The first-order valence-corrected chi connectivity index (χ1v) is 13.7. The van der Waals surface area contributed by atoms with Crippen molar-refractivity contribution in [2.24, 2.45) is 5.41 Å². The SMILES string of the molecule is CC(C)(C)c1ccc([Si](OC(c2c[nH]c3ccc(Br)cc23)C(C)(C)C=O)c2ccccc2)cc1. The van der Waals surface area contributed by atoms with E-state index in [0.29, 0.717) is 0 Å². The third-order valence-electron chi connectivity index (χ3n) is 6.22. The second-order valence-electron chi connectivity index (χ2n) is 10.4. The molecule has 5 heteroatoms. The zero-order valence-corrected chi connectivity index (χ0v) is 22.9. The summed E-state index contributed by atoms with van der Waals surface area (Å²) in [5.41, 5.74) is 2.68. The lowest BCUT2D eigenvalue weighted by molar-refractivity contribution is -0.119. The van der Waals surface area contributed by atoms with Crippen LogP contribution in [0.1, 0.15) is 51.8 Å². The number of hydrogen-bond donors (Lipinski definition) is 1. The van der Waals surface area contributed by atoms with Gasteiger partial charge in [0.05, 0.1) is 6.10 Å². The van der Waals surface area contributed by atoms with Gasteiger partial charge < -0.3 is 14.2 Å². The van der Waals surface area contributed by atoms with Crippen LogP contribution in [0.5, 0.6) is 0 Å². The molecule has 0 spiro atoms. The summed E-state index contributed by atoms with van der Waals surface area (Å²) < 4.78 is 8.03. The molecule has 34 heavy (non-hydrogen) atoms. The minimum atomic E-state index is -1.64. The number of rotatable bonds is 7. The van der Waals surface area contributed by atoms with E-state index in [1.54, 1.807) is 0 Å². The Morgan fingerprint density at radius 2 is 1.56 bits per heavy atom. The molecule has 1 aromatic heterocycles. The highest BCUT2D eigenvalue weighted by Crippen LogP contribution is 2.39. The van der Waals surface area contributed by atoms with Crippen LogP contribution in [0.2, 0.25) is 0 Å². The summed E-state index contributed by atoms with van der Waals surface area (Å²) in [4.78, 5) is 15.7. The number of carbonyl (C=O) groups excluding carboxylic acids is 1. The first-order valence-electron chi connectivity index (χ1n) is 11.5. The zero-order chi connectivity index (χ0) is 24.5. The lowest BCUT2D eigenvalue weighted by Gasteiger charge is -2.33. The number of aromatic nitrogens is 1. The number of hydrogen-bond acceptors (Lipinski definition) is 2. The van der Waals surface area contributed by atoms with Gasteiger partial charge in [0.15, 0.2) is 0 Å². The molecule has 0 amide bonds. The summed E-state index contributed by atoms with van der Waals surface area (Å²) in [6.45, 7) is 10.6. The fraction of sp³-hybridized carbons (Fsp3) is 0.276. The number of carbonyl (C=O) groups is 1. The van der Waals surface area contributed by atoms with Crippen LogP contribution in [0.4, 0.5) is 0 Å². The monoisotopic (exact) mass is 532 g/mol. The van der Waals surface area contributed by atoms with Crippen LogP contribution >= 0.6 is 15.9 Å². The molecule has 1 radical (unpaired) electrons. The van der Waals surface area contributed by atoms with Crippen molar-refractivity contribution in [3.05, 3.63) is 94.6 Å². The molecule has 0 saturated heterocycles. The van der Waals surface area contributed by atoms with Gasteiger partial charge in [-0.15, -0.1) is 0 Å². The van der Waals surface area contributed by atoms with Crippen LogP contribution in [0.3, 0.4) is 0 Å². The van der Waals surface area contributed by atoms with E-state index in [0.717, 1.165) is 37.6 Å². The molecule has 1 unspecified atom stereocenters. The van der Waals surface area contributed by atoms with Crippen molar-refractivity contribution in [2.45, 2.75) is 46.1 Å². The van der Waals surface area contributed by atoms with E-state index in [2.05, 4.69) is 96.3 Å². The van der Waals surface area contributed by atoms with E-state index in [9.17, 15) is 4.79 Å². The standard InChI is InChI=1S/C29H31BrNO2Si/c1-28(2,3)20-11-14-23(15-12-20)34(22-9-7-6-8-10-22)33-27(29(4,5)19-32)25-18-31-26-16-13-21(30)17-24(25)26/h6-19,27,31H,1-5H3. The van der Waals surface area contributed by atoms with Crippen LogP contribution < -0.4 is 10.4 Å². The Hall–Kier alpha value is -2.47. The molecule has 3 nitrogen and oxygen atoms in total. The highest BCUT2D eigenvalue weighted by molar-refractivity contribution is 9.10. The smallest absolute Gasteiger partial charge is 0.283 e. The van der Waals surface area contributed by atoms with Gasteiger partial charge in [-0.3, -0.25) is 0 Å². The van der Waals surface area contributed by atoms with Crippen molar-refractivity contribution in [1.29, 1.82) is 0 Å². The summed E-state index contributed by atoms with van der Waals surface area (Å²) in [6.07, 6.45) is 2.59. The Labute approximate surface area is 212 Å². The molecular weight excluding hydrogens is 502 g/mol. The van der Waals surface area contributed by atoms with Gasteiger partial charge in [-0.1, -0.05) is 105 Å². The molecule has 0 fully saturated rings. The third kappa shape index (κ3) is 5.12. The molecule has 0 aliphatic carbocycles. The van der Waals surface area contributed by atoms with Gasteiger partial charge in [0.1, 0.15) is 6.29 Å². The van der Waals surface area contributed by atoms with Gasteiger partial charge in [0.25, 0.3) is 9.04 Å². The average molecular weight is 534 g/mol. The largest absolute Gasteiger partial charge is 0.399 e. The van der Waals surface area contributed by atoms with Crippen molar-refractivity contribution in [2.75, 3.05) is 0 Å². The molecule has 175 valence electrons. The van der Waals surface area contributed by atoms with Crippen LogP contribution in [-0.2, 0) is 14.6 Å². The summed E-state index contributed by atoms with van der Waals surface area (Å²) in [6, 6.07) is 25.3. The lowest BCUT2D eigenvalue weighted by Crippen LogP contribution is -2.47. The molecule has 4 aromatic rings. The Kier molecular flexibility index (Phi) is 6.99. The van der Waals surface area contributed by atoms with E-state index in [4.69, 9.17) is 4.43 Å². The van der Waals surface area contributed by atoms with Crippen molar-refractivity contribution in [3.63, 3.8) is 0 Å². The first kappa shape index (κ1) is 24.6. The number of benzene rings is 3. The maximum atomic E-state index is 12.3. The molecule has 1 heterocycles. The number of nitrogens with one attached hydrogen (secondary N) is 1. The lowest BCUT2D eigenvalue weighted by atomic mass is 9.84. The topological polar surface area (TPSA) is 42.1 Å². The van der Waals surface area contributed by atoms with Gasteiger partial charge in [-0.05, 0) is 39.6 Å². The molecule has 4 rings (SSSR count). The van der Waals surface area contributed by atoms with Gasteiger partial charge in [0, 0.05) is 32.6 Å². The van der Waals surface area contributed by atoms with Crippen LogP contribution in [0.15, 0.2) is 83.5 Å². The maximum Gasteiger partial charge on any atom is 0.283 e. The summed E-state index contributed by atoms with van der Waals surface area (Å²) >= 11 is 3.60. The predicted molar refractivity (Wildman–Crippen MR) is 146 cm³/mol. The normalized spacial score (nSPS) is 13.4. The minimum absolute atomic E-state index is 0.0819. The second kappa shape index (κ2) is 9.65. The van der Waals surface area contributed by atoms with Crippen molar-refractivity contribution in [3.8, 4) is 0 Å². The van der Waals surface area contributed by atoms with Crippen LogP contribution in [-0.4, -0.2) is 20.3 Å². The molecule has 1 atom stereocenters. The molecular formula is C29H31BrNO2Si. The van der Waals surface area contributed by atoms with E-state index in [1.165, 1.54) is 5.56 Å². The number of H-pyrrole nitrogens is 1. The van der Waals surface area contributed by atoms with Gasteiger partial charge in [-0.2, -0.15) is 0 Å². The highest BCUT2D eigenvalue weighted by atomic mass is 79.9. The summed E-state index contributed by atoms with van der Waals surface area (Å²) in [5, 5.41) is 3.38. The predicted octanol–water partition coefficient (Wildman–Crippen LogP) is 6.32. The maximum absolute atomic E-state index is 12.3. The number of aromatic amines is 1. The van der Waals surface area contributed by atoms with E-state index >= 15 is 0 Å². The minimum Gasteiger partial charge on any atom is -0.399 e. The van der Waals surface area contributed by atoms with E-state index in [-0.39, 0.29) is 5.41 Å². The van der Waals surface area contributed by atoms with Gasteiger partial charge >= 0.3 is 0 Å².